The highest BCUT2D eigenvalue weighted by Crippen LogP contribution is 2.23. The number of halogens is 4. The fourth-order valence-electron chi connectivity index (χ4n) is 2.11. The van der Waals surface area contributed by atoms with E-state index in [-0.39, 0.29) is 5.88 Å². The van der Waals surface area contributed by atoms with Crippen molar-refractivity contribution in [1.82, 2.24) is 15.0 Å². The van der Waals surface area contributed by atoms with Gasteiger partial charge in [0.15, 0.2) is 6.61 Å². The average Bonchev–Trinajstić information content (AvgIpc) is 2.58. The standard InChI is InChI=1S/C16H12ClF3N4O/c17-11-2-3-12-13(5-11)23-9-24-15(12)22-7-10-1-4-14(21-6-10)25-8-16(18,19)20/h1-6,9H,7-8H2,(H,22,23,24). The molecule has 9 heteroatoms. The van der Waals surface area contributed by atoms with Crippen LogP contribution in [-0.2, 0) is 6.54 Å². The van der Waals surface area contributed by atoms with Crippen molar-refractivity contribution in [1.29, 1.82) is 0 Å². The number of hydrogen-bond acceptors (Lipinski definition) is 5. The van der Waals surface area contributed by atoms with Gasteiger partial charge < -0.3 is 10.1 Å². The lowest BCUT2D eigenvalue weighted by molar-refractivity contribution is -0.154. The highest BCUT2D eigenvalue weighted by Gasteiger charge is 2.28. The van der Waals surface area contributed by atoms with E-state index in [1.165, 1.54) is 18.6 Å². The third-order valence-corrected chi connectivity index (χ3v) is 3.47. The van der Waals surface area contributed by atoms with Crippen LogP contribution >= 0.6 is 11.6 Å². The average molecular weight is 369 g/mol. The smallest absolute Gasteiger partial charge is 0.422 e. The summed E-state index contributed by atoms with van der Waals surface area (Å²) >= 11 is 5.94. The van der Waals surface area contributed by atoms with E-state index in [0.29, 0.717) is 22.9 Å². The van der Waals surface area contributed by atoms with Gasteiger partial charge in [-0.05, 0) is 23.8 Å². The monoisotopic (exact) mass is 368 g/mol. The van der Waals surface area contributed by atoms with Crippen LogP contribution < -0.4 is 10.1 Å². The van der Waals surface area contributed by atoms with Gasteiger partial charge in [0, 0.05) is 29.2 Å². The molecule has 0 spiro atoms. The lowest BCUT2D eigenvalue weighted by Crippen LogP contribution is -2.19. The first kappa shape index (κ1) is 17.2. The molecule has 1 N–H and O–H groups in total. The van der Waals surface area contributed by atoms with E-state index in [9.17, 15) is 13.2 Å². The fraction of sp³-hybridized carbons (Fsp3) is 0.188. The second kappa shape index (κ2) is 7.10. The molecule has 0 fully saturated rings. The summed E-state index contributed by atoms with van der Waals surface area (Å²) in [5.74, 6) is 0.544. The van der Waals surface area contributed by atoms with Gasteiger partial charge in [-0.15, -0.1) is 0 Å². The first-order chi connectivity index (χ1) is 11.9. The number of nitrogens with one attached hydrogen (secondary N) is 1. The first-order valence-corrected chi connectivity index (χ1v) is 7.57. The van der Waals surface area contributed by atoms with Crippen molar-refractivity contribution in [2.24, 2.45) is 0 Å². The van der Waals surface area contributed by atoms with Crippen LogP contribution in [0.5, 0.6) is 5.88 Å². The van der Waals surface area contributed by atoms with Gasteiger partial charge in [-0.25, -0.2) is 15.0 Å². The molecule has 130 valence electrons. The summed E-state index contributed by atoms with van der Waals surface area (Å²) in [6.45, 7) is -0.978. The maximum absolute atomic E-state index is 12.1. The minimum Gasteiger partial charge on any atom is -0.468 e. The minimum atomic E-state index is -4.39. The maximum atomic E-state index is 12.1. The van der Waals surface area contributed by atoms with Gasteiger partial charge in [-0.3, -0.25) is 0 Å². The summed E-state index contributed by atoms with van der Waals surface area (Å²) in [6, 6.07) is 8.31. The van der Waals surface area contributed by atoms with E-state index < -0.39 is 12.8 Å². The number of ether oxygens (including phenoxy) is 1. The molecule has 2 aromatic heterocycles. The van der Waals surface area contributed by atoms with E-state index in [0.717, 1.165) is 10.9 Å². The summed E-state index contributed by atoms with van der Waals surface area (Å²) in [5.41, 5.74) is 1.47. The van der Waals surface area contributed by atoms with Crippen LogP contribution in [0.15, 0.2) is 42.9 Å². The molecule has 2 heterocycles. The van der Waals surface area contributed by atoms with E-state index in [1.54, 1.807) is 18.2 Å². The second-order valence-electron chi connectivity index (χ2n) is 5.15. The Balaban J connectivity index is 1.66. The Bertz CT molecular complexity index is 871. The van der Waals surface area contributed by atoms with Crippen LogP contribution in [0.2, 0.25) is 5.02 Å². The molecule has 0 aliphatic carbocycles. The molecule has 0 amide bonds. The molecule has 0 bridgehead atoms. The number of rotatable bonds is 5. The molecule has 0 aliphatic heterocycles. The third-order valence-electron chi connectivity index (χ3n) is 3.24. The largest absolute Gasteiger partial charge is 0.468 e. The molecule has 0 aliphatic rings. The quantitative estimate of drug-likeness (QED) is 0.730. The van der Waals surface area contributed by atoms with E-state index >= 15 is 0 Å². The molecule has 0 radical (unpaired) electrons. The van der Waals surface area contributed by atoms with Crippen LogP contribution in [0.4, 0.5) is 19.0 Å². The molecule has 3 aromatic rings. The van der Waals surface area contributed by atoms with Crippen molar-refractivity contribution in [3.63, 3.8) is 0 Å². The molecule has 0 saturated carbocycles. The maximum Gasteiger partial charge on any atom is 0.422 e. The number of hydrogen-bond donors (Lipinski definition) is 1. The van der Waals surface area contributed by atoms with Crippen molar-refractivity contribution in [3.8, 4) is 5.88 Å². The number of alkyl halides is 3. The van der Waals surface area contributed by atoms with Crippen molar-refractivity contribution in [3.05, 3.63) is 53.4 Å². The van der Waals surface area contributed by atoms with Gasteiger partial charge in [-0.2, -0.15) is 13.2 Å². The Morgan fingerprint density at radius 1 is 1.08 bits per heavy atom. The molecule has 0 unspecified atom stereocenters. The Morgan fingerprint density at radius 2 is 1.92 bits per heavy atom. The van der Waals surface area contributed by atoms with Crippen LogP contribution in [0, 0.1) is 0 Å². The normalized spacial score (nSPS) is 11.5. The molecule has 0 saturated heterocycles. The summed E-state index contributed by atoms with van der Waals surface area (Å²) in [5, 5.41) is 4.53. The van der Waals surface area contributed by atoms with E-state index in [1.807, 2.05) is 6.07 Å². The number of benzene rings is 1. The van der Waals surface area contributed by atoms with Crippen molar-refractivity contribution < 1.29 is 17.9 Å². The molecule has 25 heavy (non-hydrogen) atoms. The second-order valence-corrected chi connectivity index (χ2v) is 5.58. The SMILES string of the molecule is FC(F)(F)COc1ccc(CNc2ncnc3cc(Cl)ccc23)cn1. The van der Waals surface area contributed by atoms with Gasteiger partial charge in [0.25, 0.3) is 0 Å². The number of anilines is 1. The zero-order valence-corrected chi connectivity index (χ0v) is 13.5. The van der Waals surface area contributed by atoms with Crippen LogP contribution in [0.3, 0.4) is 0 Å². The zero-order chi connectivity index (χ0) is 17.9. The Kier molecular flexibility index (Phi) is 4.89. The number of pyridine rings is 1. The van der Waals surface area contributed by atoms with Gasteiger partial charge in [0.05, 0.1) is 5.52 Å². The topological polar surface area (TPSA) is 59.9 Å². The summed E-state index contributed by atoms with van der Waals surface area (Å²) in [6.07, 6.45) is -1.52. The number of aromatic nitrogens is 3. The van der Waals surface area contributed by atoms with Gasteiger partial charge >= 0.3 is 6.18 Å². The van der Waals surface area contributed by atoms with Crippen LogP contribution in [0.25, 0.3) is 10.9 Å². The van der Waals surface area contributed by atoms with Gasteiger partial charge in [0.2, 0.25) is 5.88 Å². The Hall–Kier alpha value is -2.61. The van der Waals surface area contributed by atoms with Crippen molar-refractivity contribution >= 4 is 28.3 Å². The van der Waals surface area contributed by atoms with E-state index in [4.69, 9.17) is 11.6 Å². The van der Waals surface area contributed by atoms with Crippen LogP contribution in [0.1, 0.15) is 5.56 Å². The van der Waals surface area contributed by atoms with Crippen molar-refractivity contribution in [2.75, 3.05) is 11.9 Å². The first-order valence-electron chi connectivity index (χ1n) is 7.19. The molecular formula is C16H12ClF3N4O. The molecule has 3 rings (SSSR count). The molecule has 0 atom stereocenters. The van der Waals surface area contributed by atoms with Gasteiger partial charge in [-0.1, -0.05) is 17.7 Å². The minimum absolute atomic E-state index is 0.0804. The highest BCUT2D eigenvalue weighted by atomic mass is 35.5. The summed E-state index contributed by atoms with van der Waals surface area (Å²) in [4.78, 5) is 12.2. The third kappa shape index (κ3) is 4.69. The lowest BCUT2D eigenvalue weighted by atomic mass is 10.2. The summed E-state index contributed by atoms with van der Waals surface area (Å²) < 4.78 is 40.9. The Labute approximate surface area is 145 Å². The Morgan fingerprint density at radius 3 is 2.64 bits per heavy atom. The summed E-state index contributed by atoms with van der Waals surface area (Å²) in [7, 11) is 0. The zero-order valence-electron chi connectivity index (χ0n) is 12.7. The van der Waals surface area contributed by atoms with Crippen molar-refractivity contribution in [2.45, 2.75) is 12.7 Å². The predicted molar refractivity (Wildman–Crippen MR) is 87.7 cm³/mol. The molecular weight excluding hydrogens is 357 g/mol. The lowest BCUT2D eigenvalue weighted by Gasteiger charge is -2.10. The molecule has 5 nitrogen and oxygen atoms in total. The van der Waals surface area contributed by atoms with E-state index in [2.05, 4.69) is 25.0 Å². The molecule has 1 aromatic carbocycles. The van der Waals surface area contributed by atoms with Gasteiger partial charge in [0.1, 0.15) is 12.1 Å². The highest BCUT2D eigenvalue weighted by molar-refractivity contribution is 6.31. The number of nitrogens with zero attached hydrogens (tertiary/aromatic N) is 3. The van der Waals surface area contributed by atoms with Crippen LogP contribution in [-0.4, -0.2) is 27.7 Å². The predicted octanol–water partition coefficient (Wildman–Crippen LogP) is 4.23. The number of fused-ring (bicyclic) bond motifs is 1. The fourth-order valence-corrected chi connectivity index (χ4v) is 2.28.